The van der Waals surface area contributed by atoms with Crippen LogP contribution < -0.4 is 10.6 Å². The zero-order valence-corrected chi connectivity index (χ0v) is 14.7. The molecule has 1 atom stereocenters. The Balaban J connectivity index is 1.93. The number of amides is 2. The Bertz CT molecular complexity index is 552. The fourth-order valence-electron chi connectivity index (χ4n) is 2.76. The number of nitrogens with zero attached hydrogens (tertiary/aromatic N) is 1. The van der Waals surface area contributed by atoms with Crippen molar-refractivity contribution in [2.75, 3.05) is 23.7 Å². The van der Waals surface area contributed by atoms with Gasteiger partial charge in [-0.15, -0.1) is 0 Å². The van der Waals surface area contributed by atoms with Crippen LogP contribution in [0.3, 0.4) is 0 Å². The second-order valence-electron chi connectivity index (χ2n) is 7.04. The average molecular weight is 333 g/mol. The van der Waals surface area contributed by atoms with Gasteiger partial charge in [0.1, 0.15) is 5.60 Å². The van der Waals surface area contributed by atoms with Crippen molar-refractivity contribution in [2.45, 2.75) is 51.7 Å². The Kier molecular flexibility index (Phi) is 6.06. The van der Waals surface area contributed by atoms with E-state index in [0.717, 1.165) is 37.2 Å². The Morgan fingerprint density at radius 2 is 1.92 bits per heavy atom. The molecule has 0 radical (unpaired) electrons. The molecular formula is C18H27N3O3. The molecule has 1 saturated heterocycles. The van der Waals surface area contributed by atoms with Crippen molar-refractivity contribution in [3.63, 3.8) is 0 Å². The maximum atomic E-state index is 12.4. The second kappa shape index (κ2) is 8.04. The summed E-state index contributed by atoms with van der Waals surface area (Å²) >= 11 is 0. The third-order valence-electron chi connectivity index (χ3n) is 3.91. The molecule has 0 saturated carbocycles. The number of hydrogen-bond acceptors (Lipinski definition) is 4. The summed E-state index contributed by atoms with van der Waals surface area (Å²) in [4.78, 5) is 24.6. The summed E-state index contributed by atoms with van der Waals surface area (Å²) in [5.41, 5.74) is 1.23. The van der Waals surface area contributed by atoms with Gasteiger partial charge in [-0.1, -0.05) is 0 Å². The zero-order valence-electron chi connectivity index (χ0n) is 14.7. The van der Waals surface area contributed by atoms with Crippen molar-refractivity contribution in [3.05, 3.63) is 24.3 Å². The van der Waals surface area contributed by atoms with Crippen LogP contribution in [-0.4, -0.2) is 42.1 Å². The van der Waals surface area contributed by atoms with Gasteiger partial charge in [0.2, 0.25) is 6.41 Å². The summed E-state index contributed by atoms with van der Waals surface area (Å²) in [6.45, 7) is 7.08. The lowest BCUT2D eigenvalue weighted by molar-refractivity contribution is -0.105. The molecule has 24 heavy (non-hydrogen) atoms. The highest BCUT2D eigenvalue weighted by Crippen LogP contribution is 2.21. The molecule has 1 unspecified atom stereocenters. The highest BCUT2D eigenvalue weighted by atomic mass is 16.6. The molecule has 6 nitrogen and oxygen atoms in total. The van der Waals surface area contributed by atoms with Gasteiger partial charge in [-0.3, -0.25) is 4.79 Å². The van der Waals surface area contributed by atoms with Crippen LogP contribution >= 0.6 is 0 Å². The lowest BCUT2D eigenvalue weighted by atomic mass is 10.0. The molecule has 2 N–H and O–H groups in total. The highest BCUT2D eigenvalue weighted by molar-refractivity contribution is 5.72. The Hall–Kier alpha value is -2.24. The minimum Gasteiger partial charge on any atom is -0.444 e. The lowest BCUT2D eigenvalue weighted by Crippen LogP contribution is -2.48. The molecule has 0 spiro atoms. The first-order valence-corrected chi connectivity index (χ1v) is 8.43. The molecule has 1 aliphatic heterocycles. The number of benzene rings is 1. The fraction of sp³-hybridized carbons (Fsp3) is 0.556. The molecule has 2 amide bonds. The number of carbonyl (C=O) groups excluding carboxylic acids is 2. The second-order valence-corrected chi connectivity index (χ2v) is 7.04. The Labute approximate surface area is 143 Å². The first kappa shape index (κ1) is 18.1. The Morgan fingerprint density at radius 1 is 1.25 bits per heavy atom. The molecule has 1 fully saturated rings. The van der Waals surface area contributed by atoms with Gasteiger partial charge in [0.05, 0.1) is 6.04 Å². The van der Waals surface area contributed by atoms with Crippen LogP contribution in [0.5, 0.6) is 0 Å². The molecule has 0 aliphatic carbocycles. The first-order valence-electron chi connectivity index (χ1n) is 8.43. The van der Waals surface area contributed by atoms with E-state index in [1.54, 1.807) is 0 Å². The van der Waals surface area contributed by atoms with Crippen molar-refractivity contribution in [1.29, 1.82) is 0 Å². The zero-order chi connectivity index (χ0) is 17.6. The average Bonchev–Trinajstić information content (AvgIpc) is 2.53. The molecular weight excluding hydrogens is 306 g/mol. The molecule has 0 aromatic heterocycles. The largest absolute Gasteiger partial charge is 0.444 e. The summed E-state index contributed by atoms with van der Waals surface area (Å²) in [5, 5.41) is 5.97. The molecule has 0 bridgehead atoms. The van der Waals surface area contributed by atoms with Crippen molar-refractivity contribution < 1.29 is 14.3 Å². The van der Waals surface area contributed by atoms with Crippen LogP contribution in [0.25, 0.3) is 0 Å². The van der Waals surface area contributed by atoms with Crippen LogP contribution in [0, 0.1) is 0 Å². The van der Waals surface area contributed by atoms with E-state index in [9.17, 15) is 9.59 Å². The third kappa shape index (κ3) is 5.44. The number of anilines is 2. The molecule has 2 rings (SSSR count). The van der Waals surface area contributed by atoms with Crippen molar-refractivity contribution in [1.82, 2.24) is 4.90 Å². The van der Waals surface area contributed by atoms with E-state index in [0.29, 0.717) is 13.0 Å². The van der Waals surface area contributed by atoms with Gasteiger partial charge in [-0.2, -0.15) is 0 Å². The van der Waals surface area contributed by atoms with Crippen molar-refractivity contribution >= 4 is 23.9 Å². The standard InChI is InChI=1S/C18H27N3O3/c1-18(2,3)24-17(23)21-11-5-4-6-16(21)12-19-14-7-9-15(10-8-14)20-13-22/h7-10,13,16,19H,4-6,11-12H2,1-3H3,(H,20,22). The fourth-order valence-corrected chi connectivity index (χ4v) is 2.76. The van der Waals surface area contributed by atoms with Crippen LogP contribution in [-0.2, 0) is 9.53 Å². The molecule has 1 aromatic rings. The number of carbonyl (C=O) groups is 2. The number of hydrogen-bond donors (Lipinski definition) is 2. The number of piperidine rings is 1. The summed E-state index contributed by atoms with van der Waals surface area (Å²) in [5.74, 6) is 0. The predicted octanol–water partition coefficient (Wildman–Crippen LogP) is 3.46. The smallest absolute Gasteiger partial charge is 0.410 e. The van der Waals surface area contributed by atoms with Gasteiger partial charge in [-0.25, -0.2) is 4.79 Å². The van der Waals surface area contributed by atoms with E-state index in [2.05, 4.69) is 10.6 Å². The highest BCUT2D eigenvalue weighted by Gasteiger charge is 2.30. The first-order chi connectivity index (χ1) is 11.4. The summed E-state index contributed by atoms with van der Waals surface area (Å²) in [6.07, 6.45) is 3.52. The van der Waals surface area contributed by atoms with Crippen LogP contribution in [0.2, 0.25) is 0 Å². The number of likely N-dealkylation sites (tertiary alicyclic amines) is 1. The number of ether oxygens (including phenoxy) is 1. The normalized spacial score (nSPS) is 18.0. The summed E-state index contributed by atoms with van der Waals surface area (Å²) in [6, 6.07) is 7.62. The predicted molar refractivity (Wildman–Crippen MR) is 95.2 cm³/mol. The maximum Gasteiger partial charge on any atom is 0.410 e. The van der Waals surface area contributed by atoms with Gasteiger partial charge < -0.3 is 20.3 Å². The van der Waals surface area contributed by atoms with E-state index in [4.69, 9.17) is 4.74 Å². The number of rotatable bonds is 5. The quantitative estimate of drug-likeness (QED) is 0.810. The van der Waals surface area contributed by atoms with E-state index >= 15 is 0 Å². The van der Waals surface area contributed by atoms with E-state index < -0.39 is 5.60 Å². The van der Waals surface area contributed by atoms with Crippen LogP contribution in [0.1, 0.15) is 40.0 Å². The number of nitrogens with one attached hydrogen (secondary N) is 2. The molecule has 1 heterocycles. The minimum atomic E-state index is -0.478. The lowest BCUT2D eigenvalue weighted by Gasteiger charge is -2.37. The van der Waals surface area contributed by atoms with E-state index in [1.807, 2.05) is 49.9 Å². The molecule has 1 aliphatic rings. The van der Waals surface area contributed by atoms with Gasteiger partial charge >= 0.3 is 6.09 Å². The van der Waals surface area contributed by atoms with E-state index in [-0.39, 0.29) is 12.1 Å². The van der Waals surface area contributed by atoms with E-state index in [1.165, 1.54) is 0 Å². The van der Waals surface area contributed by atoms with Crippen LogP contribution in [0.15, 0.2) is 24.3 Å². The SMILES string of the molecule is CC(C)(C)OC(=O)N1CCCCC1CNc1ccc(NC=O)cc1. The summed E-state index contributed by atoms with van der Waals surface area (Å²) in [7, 11) is 0. The van der Waals surface area contributed by atoms with Crippen molar-refractivity contribution in [2.24, 2.45) is 0 Å². The van der Waals surface area contributed by atoms with Gasteiger partial charge in [0, 0.05) is 24.5 Å². The topological polar surface area (TPSA) is 70.7 Å². The molecule has 6 heteroatoms. The van der Waals surface area contributed by atoms with Crippen molar-refractivity contribution in [3.8, 4) is 0 Å². The summed E-state index contributed by atoms with van der Waals surface area (Å²) < 4.78 is 5.52. The third-order valence-corrected chi connectivity index (χ3v) is 3.91. The van der Waals surface area contributed by atoms with Gasteiger partial charge in [-0.05, 0) is 64.3 Å². The van der Waals surface area contributed by atoms with Gasteiger partial charge in [0.15, 0.2) is 0 Å². The maximum absolute atomic E-state index is 12.4. The van der Waals surface area contributed by atoms with Crippen LogP contribution in [0.4, 0.5) is 16.2 Å². The Morgan fingerprint density at radius 3 is 2.54 bits per heavy atom. The monoisotopic (exact) mass is 333 g/mol. The van der Waals surface area contributed by atoms with Gasteiger partial charge in [0.25, 0.3) is 0 Å². The minimum absolute atomic E-state index is 0.126. The molecule has 1 aromatic carbocycles. The molecule has 132 valence electrons.